The largest absolute Gasteiger partial charge is 0.495 e. The van der Waals surface area contributed by atoms with Crippen molar-refractivity contribution in [3.63, 3.8) is 0 Å². The molecule has 8 nitrogen and oxygen atoms in total. The Morgan fingerprint density at radius 1 is 1.08 bits per heavy atom. The van der Waals surface area contributed by atoms with Gasteiger partial charge >= 0.3 is 0 Å². The number of carbonyl (C=O) groups excluding carboxylic acids is 3. The normalized spacial score (nSPS) is 21.2. The summed E-state index contributed by atoms with van der Waals surface area (Å²) in [4.78, 5) is 41.3. The van der Waals surface area contributed by atoms with Crippen LogP contribution in [0.4, 0.5) is 0 Å². The van der Waals surface area contributed by atoms with Crippen molar-refractivity contribution in [2.75, 3.05) is 26.3 Å². The van der Waals surface area contributed by atoms with Crippen molar-refractivity contribution in [1.82, 2.24) is 15.1 Å². The highest BCUT2D eigenvalue weighted by molar-refractivity contribution is 6.44. The van der Waals surface area contributed by atoms with Crippen LogP contribution in [0, 0.1) is 0 Å². The van der Waals surface area contributed by atoms with Crippen LogP contribution in [-0.2, 0) is 26.2 Å². The molecule has 13 heteroatoms. The summed E-state index contributed by atoms with van der Waals surface area (Å²) in [6.07, 6.45) is 0.566. The zero-order valence-corrected chi connectivity index (χ0v) is 22.9. The van der Waals surface area contributed by atoms with E-state index < -0.39 is 11.9 Å². The topological polar surface area (TPSA) is 88.2 Å². The number of carbonyl (C=O) groups is 3. The lowest BCUT2D eigenvalue weighted by atomic mass is 9.54. The highest BCUT2D eigenvalue weighted by atomic mass is 16.5. The molecule has 0 aliphatic carbocycles. The zero-order valence-electron chi connectivity index (χ0n) is 22.9. The van der Waals surface area contributed by atoms with Gasteiger partial charge in [0.05, 0.1) is 25.8 Å². The molecule has 1 N–H and O–H groups in total. The van der Waals surface area contributed by atoms with E-state index in [1.807, 2.05) is 20.0 Å². The van der Waals surface area contributed by atoms with Crippen molar-refractivity contribution >= 4 is 67.9 Å². The summed E-state index contributed by atoms with van der Waals surface area (Å²) in [5, 5.41) is 2.25. The molecule has 2 atom stereocenters. The maximum atomic E-state index is 13.2. The molecule has 0 radical (unpaired) electrons. The van der Waals surface area contributed by atoms with E-state index in [2.05, 4.69) is 53.7 Å². The minimum Gasteiger partial charge on any atom is -0.495 e. The van der Waals surface area contributed by atoms with E-state index in [0.29, 0.717) is 17.7 Å². The highest BCUT2D eigenvalue weighted by Gasteiger charge is 2.40. The van der Waals surface area contributed by atoms with Gasteiger partial charge in [-0.1, -0.05) is 34.7 Å². The number of morpholine rings is 1. The summed E-state index contributed by atoms with van der Waals surface area (Å²) in [7, 11) is 10.9. The average Bonchev–Trinajstić information content (AvgIpc) is 3.22. The van der Waals surface area contributed by atoms with E-state index in [-0.39, 0.29) is 36.1 Å². The van der Waals surface area contributed by atoms with Crippen molar-refractivity contribution in [2.24, 2.45) is 0 Å². The predicted octanol–water partition coefficient (Wildman–Crippen LogP) is -4.62. The quantitative estimate of drug-likeness (QED) is 0.312. The Morgan fingerprint density at radius 3 is 2.53 bits per heavy atom. The van der Waals surface area contributed by atoms with Crippen LogP contribution in [0.3, 0.4) is 0 Å². The van der Waals surface area contributed by atoms with Gasteiger partial charge in [0.1, 0.15) is 43.2 Å². The van der Waals surface area contributed by atoms with Crippen LogP contribution in [0.2, 0.25) is 0 Å². The van der Waals surface area contributed by atoms with Gasteiger partial charge in [0.2, 0.25) is 11.8 Å². The van der Waals surface area contributed by atoms with Gasteiger partial charge in [-0.2, -0.15) is 0 Å². The second-order valence-electron chi connectivity index (χ2n) is 11.1. The summed E-state index contributed by atoms with van der Waals surface area (Å²) in [5.74, 6) is -0.259. The molecular weight excluding hydrogens is 476 g/mol. The van der Waals surface area contributed by atoms with Crippen LogP contribution in [0.15, 0.2) is 30.3 Å². The Kier molecular flexibility index (Phi) is 7.26. The van der Waals surface area contributed by atoms with Crippen molar-refractivity contribution in [2.45, 2.75) is 36.8 Å². The van der Waals surface area contributed by atoms with Crippen molar-refractivity contribution in [3.8, 4) is 5.75 Å². The summed E-state index contributed by atoms with van der Waals surface area (Å²) in [6.45, 7) is 3.64. The molecule has 0 bridgehead atoms. The number of ether oxygens (including phenoxy) is 2. The molecule has 192 valence electrons. The van der Waals surface area contributed by atoms with Gasteiger partial charge < -0.3 is 19.3 Å². The summed E-state index contributed by atoms with van der Waals surface area (Å²) >= 11 is 0. The van der Waals surface area contributed by atoms with Crippen molar-refractivity contribution in [3.05, 3.63) is 52.6 Å². The SMILES string of the molecule is Bc1cc(C(B)(B)N2CCOCC2)c(B)cc1C(B)Oc1cccc2c1CN(C1CCC(=O)NC1=O)C2=O. The first-order valence-corrected chi connectivity index (χ1v) is 13.5. The highest BCUT2D eigenvalue weighted by Crippen LogP contribution is 2.35. The first kappa shape index (κ1) is 26.7. The number of benzene rings is 2. The first-order chi connectivity index (χ1) is 18.1. The van der Waals surface area contributed by atoms with Crippen LogP contribution in [-0.4, -0.2) is 99.1 Å². The summed E-state index contributed by atoms with van der Waals surface area (Å²) in [5.41, 5.74) is 6.12. The van der Waals surface area contributed by atoms with Crippen LogP contribution in [0.25, 0.3) is 0 Å². The Bertz CT molecular complexity index is 1300. The molecular formula is C25H32B5N3O5. The monoisotopic (exact) mass is 509 g/mol. The Hall–Kier alpha value is -2.91. The third-order valence-corrected chi connectivity index (χ3v) is 8.35. The Morgan fingerprint density at radius 2 is 1.82 bits per heavy atom. The molecule has 2 unspecified atom stereocenters. The number of nitrogens with zero attached hydrogens (tertiary/aromatic N) is 2. The molecule has 2 saturated heterocycles. The maximum absolute atomic E-state index is 13.2. The number of piperidine rings is 1. The lowest BCUT2D eigenvalue weighted by Crippen LogP contribution is -2.54. The van der Waals surface area contributed by atoms with E-state index in [1.54, 1.807) is 11.0 Å². The fraction of sp³-hybridized carbons (Fsp3) is 0.400. The van der Waals surface area contributed by atoms with Gasteiger partial charge in [-0.3, -0.25) is 19.7 Å². The van der Waals surface area contributed by atoms with Crippen molar-refractivity contribution in [1.29, 1.82) is 0 Å². The van der Waals surface area contributed by atoms with E-state index in [9.17, 15) is 14.4 Å². The third kappa shape index (κ3) is 4.82. The third-order valence-electron chi connectivity index (χ3n) is 8.35. The van der Waals surface area contributed by atoms with Crippen LogP contribution in [0.5, 0.6) is 5.75 Å². The molecule has 38 heavy (non-hydrogen) atoms. The van der Waals surface area contributed by atoms with Gasteiger partial charge in [0, 0.05) is 30.6 Å². The number of nitrogens with one attached hydrogen (secondary N) is 1. The maximum Gasteiger partial charge on any atom is 0.255 e. The van der Waals surface area contributed by atoms with Gasteiger partial charge in [0.15, 0.2) is 7.85 Å². The van der Waals surface area contributed by atoms with Gasteiger partial charge in [-0.25, -0.2) is 0 Å². The van der Waals surface area contributed by atoms with Crippen LogP contribution >= 0.6 is 0 Å². The number of fused-ring (bicyclic) bond motifs is 1. The van der Waals surface area contributed by atoms with E-state index in [0.717, 1.165) is 42.9 Å². The lowest BCUT2D eigenvalue weighted by Gasteiger charge is -2.43. The zero-order chi connectivity index (χ0) is 27.2. The predicted molar refractivity (Wildman–Crippen MR) is 158 cm³/mol. The number of amides is 3. The van der Waals surface area contributed by atoms with Crippen molar-refractivity contribution < 1.29 is 23.9 Å². The Balaban J connectivity index is 1.37. The smallest absolute Gasteiger partial charge is 0.255 e. The molecule has 0 spiro atoms. The van der Waals surface area contributed by atoms with E-state index in [4.69, 9.17) is 9.47 Å². The summed E-state index contributed by atoms with van der Waals surface area (Å²) in [6, 6.07) is 9.10. The van der Waals surface area contributed by atoms with Gasteiger partial charge in [-0.15, -0.1) is 0 Å². The molecule has 2 aromatic carbocycles. The van der Waals surface area contributed by atoms with Crippen LogP contribution < -0.4 is 21.0 Å². The molecule has 0 aromatic heterocycles. The fourth-order valence-electron chi connectivity index (χ4n) is 6.15. The Labute approximate surface area is 228 Å². The fourth-order valence-corrected chi connectivity index (χ4v) is 6.15. The van der Waals surface area contributed by atoms with E-state index >= 15 is 0 Å². The lowest BCUT2D eigenvalue weighted by molar-refractivity contribution is -0.136. The molecule has 3 aliphatic rings. The molecule has 3 aliphatic heterocycles. The molecule has 3 heterocycles. The van der Waals surface area contributed by atoms with Gasteiger partial charge in [-0.05, 0) is 29.5 Å². The number of rotatable bonds is 6. The molecule has 5 rings (SSSR count). The standard InChI is InChI=1S/C25H32B5N3O5/c26-17-11-16(25(29,30)32-6-8-37-9-7-32)18(27)10-14(17)22(28)38-20-3-1-2-13-15(20)12-33(24(13)36)19-4-5-21(34)31-23(19)35/h1-3,10-11,19,22H,4-9,12,26-30H2,(H,31,34,35). The molecule has 0 saturated carbocycles. The van der Waals surface area contributed by atoms with E-state index in [1.165, 1.54) is 11.0 Å². The summed E-state index contributed by atoms with van der Waals surface area (Å²) < 4.78 is 12.1. The average molecular weight is 509 g/mol. The molecule has 2 aromatic rings. The number of imide groups is 1. The minimum absolute atomic E-state index is 0.110. The first-order valence-electron chi connectivity index (χ1n) is 13.5. The number of hydrogen-bond acceptors (Lipinski definition) is 6. The second kappa shape index (κ2) is 10.3. The van der Waals surface area contributed by atoms with Gasteiger partial charge in [0.25, 0.3) is 5.91 Å². The molecule has 3 amide bonds. The second-order valence-corrected chi connectivity index (χ2v) is 11.1. The minimum atomic E-state index is -0.648. The molecule has 2 fully saturated rings. The number of hydrogen-bond donors (Lipinski definition) is 1. The van der Waals surface area contributed by atoms with Crippen LogP contribution in [0.1, 0.15) is 45.9 Å².